The van der Waals surface area contributed by atoms with Crippen molar-refractivity contribution < 1.29 is 9.53 Å². The normalized spacial score (nSPS) is 10.7. The van der Waals surface area contributed by atoms with Gasteiger partial charge in [-0.25, -0.2) is 4.68 Å². The van der Waals surface area contributed by atoms with E-state index in [1.807, 2.05) is 37.3 Å². The summed E-state index contributed by atoms with van der Waals surface area (Å²) in [6.45, 7) is 5.94. The Kier molecular flexibility index (Phi) is 8.60. The topological polar surface area (TPSA) is 57.0 Å². The molecule has 5 heteroatoms. The highest BCUT2D eigenvalue weighted by Crippen LogP contribution is 2.11. The molecule has 0 atom stereocenters. The first-order chi connectivity index (χ1) is 12.7. The van der Waals surface area contributed by atoms with Crippen LogP contribution < -0.4 is 0 Å². The molecule has 0 unspecified atom stereocenters. The maximum Gasteiger partial charge on any atom is 0.306 e. The summed E-state index contributed by atoms with van der Waals surface area (Å²) in [4.78, 5) is 11.8. The van der Waals surface area contributed by atoms with Gasteiger partial charge in [0, 0.05) is 6.42 Å². The predicted molar refractivity (Wildman–Crippen MR) is 103 cm³/mol. The summed E-state index contributed by atoms with van der Waals surface area (Å²) in [5.41, 5.74) is 2.79. The molecule has 5 nitrogen and oxygen atoms in total. The third kappa shape index (κ3) is 7.21. The van der Waals surface area contributed by atoms with E-state index in [0.717, 1.165) is 24.9 Å². The summed E-state index contributed by atoms with van der Waals surface area (Å²) in [5.74, 6) is -0.165. The average molecular weight is 355 g/mol. The lowest BCUT2D eigenvalue weighted by atomic mass is 10.1. The van der Waals surface area contributed by atoms with Gasteiger partial charge in [0.05, 0.1) is 11.9 Å². The Labute approximate surface area is 156 Å². The van der Waals surface area contributed by atoms with E-state index in [2.05, 4.69) is 16.9 Å². The first-order valence-electron chi connectivity index (χ1n) is 9.44. The lowest BCUT2D eigenvalue weighted by Crippen LogP contribution is -2.04. The van der Waals surface area contributed by atoms with E-state index in [9.17, 15) is 4.79 Å². The molecule has 0 spiro atoms. The molecular formula is C21H29N3O2. The van der Waals surface area contributed by atoms with Crippen LogP contribution in [0.5, 0.6) is 0 Å². The summed E-state index contributed by atoms with van der Waals surface area (Å²) >= 11 is 0. The molecule has 0 aliphatic heterocycles. The standard InChI is InChI=1S/C21H29N3O2/c1-3-4-5-6-7-8-9-10-11-21(25)26-17-19-16-24(23-22-19)20-14-12-18(2)13-15-20/h3,12-16H,1,4-11,17H2,2H3. The van der Waals surface area contributed by atoms with Crippen molar-refractivity contribution in [2.24, 2.45) is 0 Å². The van der Waals surface area contributed by atoms with E-state index >= 15 is 0 Å². The molecular weight excluding hydrogens is 326 g/mol. The van der Waals surface area contributed by atoms with E-state index in [1.165, 1.54) is 31.2 Å². The lowest BCUT2D eigenvalue weighted by molar-refractivity contribution is -0.145. The maximum absolute atomic E-state index is 11.8. The molecule has 0 fully saturated rings. The van der Waals surface area contributed by atoms with Gasteiger partial charge in [0.1, 0.15) is 12.3 Å². The van der Waals surface area contributed by atoms with Crippen LogP contribution in [0.25, 0.3) is 5.69 Å². The van der Waals surface area contributed by atoms with Crippen molar-refractivity contribution in [2.45, 2.75) is 64.9 Å². The number of ether oxygens (including phenoxy) is 1. The van der Waals surface area contributed by atoms with Gasteiger partial charge in [-0.3, -0.25) is 4.79 Å². The number of rotatable bonds is 12. The number of hydrogen-bond donors (Lipinski definition) is 0. The van der Waals surface area contributed by atoms with Crippen LogP contribution in [0.1, 0.15) is 62.6 Å². The Morgan fingerprint density at radius 2 is 1.81 bits per heavy atom. The number of nitrogens with zero attached hydrogens (tertiary/aromatic N) is 3. The van der Waals surface area contributed by atoms with Crippen molar-refractivity contribution >= 4 is 5.97 Å². The van der Waals surface area contributed by atoms with Gasteiger partial charge in [0.25, 0.3) is 0 Å². The lowest BCUT2D eigenvalue weighted by Gasteiger charge is -2.03. The molecule has 2 aromatic rings. The number of unbranched alkanes of at least 4 members (excludes halogenated alkanes) is 6. The number of aromatic nitrogens is 3. The quantitative estimate of drug-likeness (QED) is 0.308. The van der Waals surface area contributed by atoms with Crippen molar-refractivity contribution in [3.63, 3.8) is 0 Å². The third-order valence-corrected chi connectivity index (χ3v) is 4.26. The first-order valence-corrected chi connectivity index (χ1v) is 9.44. The van der Waals surface area contributed by atoms with Crippen molar-refractivity contribution in [3.8, 4) is 5.69 Å². The highest BCUT2D eigenvalue weighted by Gasteiger charge is 2.07. The monoisotopic (exact) mass is 355 g/mol. The highest BCUT2D eigenvalue weighted by atomic mass is 16.5. The predicted octanol–water partition coefficient (Wildman–Crippen LogP) is 4.93. The number of esters is 1. The van der Waals surface area contributed by atoms with Crippen LogP contribution in [0.2, 0.25) is 0 Å². The second-order valence-electron chi connectivity index (χ2n) is 6.60. The van der Waals surface area contributed by atoms with Crippen molar-refractivity contribution in [1.29, 1.82) is 0 Å². The van der Waals surface area contributed by atoms with E-state index in [-0.39, 0.29) is 12.6 Å². The molecule has 1 heterocycles. The molecule has 0 aliphatic rings. The fraction of sp³-hybridized carbons (Fsp3) is 0.476. The fourth-order valence-electron chi connectivity index (χ4n) is 2.68. The summed E-state index contributed by atoms with van der Waals surface area (Å²) in [5, 5.41) is 8.14. The van der Waals surface area contributed by atoms with Crippen LogP contribution >= 0.6 is 0 Å². The molecule has 0 radical (unpaired) electrons. The highest BCUT2D eigenvalue weighted by molar-refractivity contribution is 5.69. The van der Waals surface area contributed by atoms with Gasteiger partial charge in [-0.2, -0.15) is 0 Å². The molecule has 0 saturated heterocycles. The maximum atomic E-state index is 11.8. The number of aryl methyl sites for hydroxylation is 1. The zero-order valence-corrected chi connectivity index (χ0v) is 15.7. The molecule has 140 valence electrons. The Morgan fingerprint density at radius 3 is 2.54 bits per heavy atom. The Balaban J connectivity index is 1.61. The molecule has 0 amide bonds. The summed E-state index contributed by atoms with van der Waals surface area (Å²) in [6.07, 6.45) is 12.2. The molecule has 0 bridgehead atoms. The van der Waals surface area contributed by atoms with Crippen LogP contribution in [0.4, 0.5) is 0 Å². The van der Waals surface area contributed by atoms with Gasteiger partial charge in [-0.1, -0.05) is 54.7 Å². The largest absolute Gasteiger partial charge is 0.459 e. The van der Waals surface area contributed by atoms with Gasteiger partial charge in [-0.15, -0.1) is 11.7 Å². The third-order valence-electron chi connectivity index (χ3n) is 4.26. The second-order valence-corrected chi connectivity index (χ2v) is 6.60. The van der Waals surface area contributed by atoms with Gasteiger partial charge in [0.2, 0.25) is 0 Å². The number of carbonyl (C=O) groups is 1. The number of carbonyl (C=O) groups excluding carboxylic acids is 1. The van der Waals surface area contributed by atoms with Crippen LogP contribution in [0.15, 0.2) is 43.1 Å². The van der Waals surface area contributed by atoms with Gasteiger partial charge in [0.15, 0.2) is 0 Å². The Morgan fingerprint density at radius 1 is 1.12 bits per heavy atom. The van der Waals surface area contributed by atoms with Crippen molar-refractivity contribution in [3.05, 3.63) is 54.4 Å². The molecule has 26 heavy (non-hydrogen) atoms. The minimum Gasteiger partial charge on any atom is -0.459 e. The summed E-state index contributed by atoms with van der Waals surface area (Å²) < 4.78 is 6.98. The average Bonchev–Trinajstić information content (AvgIpc) is 3.12. The minimum atomic E-state index is -0.165. The van der Waals surface area contributed by atoms with Crippen molar-refractivity contribution in [2.75, 3.05) is 0 Å². The van der Waals surface area contributed by atoms with Crippen LogP contribution in [-0.4, -0.2) is 21.0 Å². The Bertz CT molecular complexity index is 677. The van der Waals surface area contributed by atoms with E-state index in [0.29, 0.717) is 12.1 Å². The van der Waals surface area contributed by atoms with Crippen LogP contribution in [0.3, 0.4) is 0 Å². The molecule has 1 aromatic carbocycles. The van der Waals surface area contributed by atoms with E-state index in [1.54, 1.807) is 10.9 Å². The van der Waals surface area contributed by atoms with Crippen LogP contribution in [-0.2, 0) is 16.1 Å². The first kappa shape index (κ1) is 19.9. The van der Waals surface area contributed by atoms with Gasteiger partial charge >= 0.3 is 5.97 Å². The van der Waals surface area contributed by atoms with E-state index in [4.69, 9.17) is 4.74 Å². The molecule has 1 aromatic heterocycles. The number of benzene rings is 1. The fourth-order valence-corrected chi connectivity index (χ4v) is 2.68. The summed E-state index contributed by atoms with van der Waals surface area (Å²) in [7, 11) is 0. The second kappa shape index (κ2) is 11.2. The minimum absolute atomic E-state index is 0.165. The molecule has 2 rings (SSSR count). The molecule has 0 saturated carbocycles. The van der Waals surface area contributed by atoms with E-state index < -0.39 is 0 Å². The van der Waals surface area contributed by atoms with Gasteiger partial charge < -0.3 is 4.74 Å². The van der Waals surface area contributed by atoms with Gasteiger partial charge in [-0.05, 0) is 38.3 Å². The molecule has 0 N–H and O–H groups in total. The zero-order valence-electron chi connectivity index (χ0n) is 15.7. The number of allylic oxidation sites excluding steroid dienone is 1. The zero-order chi connectivity index (χ0) is 18.6. The Hall–Kier alpha value is -2.43. The molecule has 0 aliphatic carbocycles. The van der Waals surface area contributed by atoms with Crippen molar-refractivity contribution in [1.82, 2.24) is 15.0 Å². The number of hydrogen-bond acceptors (Lipinski definition) is 4. The van der Waals surface area contributed by atoms with Crippen LogP contribution in [0, 0.1) is 6.92 Å². The SMILES string of the molecule is C=CCCCCCCCCC(=O)OCc1cn(-c2ccc(C)cc2)nn1. The summed E-state index contributed by atoms with van der Waals surface area (Å²) in [6, 6.07) is 8.01. The smallest absolute Gasteiger partial charge is 0.306 e.